The van der Waals surface area contributed by atoms with Crippen molar-refractivity contribution in [2.24, 2.45) is 10.2 Å². The molecule has 9 heteroatoms. The van der Waals surface area contributed by atoms with Gasteiger partial charge in [0.1, 0.15) is 11.9 Å². The largest absolute Gasteiger partial charge is 0.748 e. The van der Waals surface area contributed by atoms with Gasteiger partial charge in [-0.15, -0.1) is 0 Å². The van der Waals surface area contributed by atoms with Gasteiger partial charge >= 0.3 is 5.13 Å². The number of azo groups is 1. The molecule has 0 saturated heterocycles. The molecule has 0 aliphatic carbocycles. The van der Waals surface area contributed by atoms with E-state index in [1.807, 2.05) is 58.6 Å². The predicted octanol–water partition coefficient (Wildman–Crippen LogP) is 4.41. The van der Waals surface area contributed by atoms with Crippen LogP contribution in [0, 0.1) is 0 Å². The number of hydrogen-bond acceptors (Lipinski definition) is 7. The molecule has 1 heterocycles. The average molecular weight is 445 g/mol. The van der Waals surface area contributed by atoms with Gasteiger partial charge in [-0.1, -0.05) is 30.3 Å². The van der Waals surface area contributed by atoms with Crippen LogP contribution < -0.4 is 9.47 Å². The van der Waals surface area contributed by atoms with Crippen LogP contribution in [0.1, 0.15) is 18.4 Å². The van der Waals surface area contributed by atoms with Gasteiger partial charge in [-0.3, -0.25) is 0 Å². The Morgan fingerprint density at radius 2 is 1.77 bits per heavy atom. The topological polar surface area (TPSA) is 89.0 Å². The standard InChI is InChI=1S/C21H24N4O3S2/c1-24(17-18-7-3-2-4-8-18)20-11-9-19(10-12-20)22-23-21-25(14-15-29-21)13-5-6-16-30(26,27)28/h2-4,7-12,14-15H,5-6,13,16-17H2,1H3. The molecular formula is C21H24N4O3S2. The van der Waals surface area contributed by atoms with E-state index in [-0.39, 0.29) is 5.75 Å². The Bertz CT molecular complexity index is 1070. The summed E-state index contributed by atoms with van der Waals surface area (Å²) in [5.41, 5.74) is 3.10. The highest BCUT2D eigenvalue weighted by atomic mass is 32.2. The van der Waals surface area contributed by atoms with Crippen LogP contribution in [0.15, 0.2) is 76.4 Å². The first kappa shape index (κ1) is 22.1. The fourth-order valence-electron chi connectivity index (χ4n) is 2.93. The Labute approximate surface area is 181 Å². The molecule has 0 spiro atoms. The van der Waals surface area contributed by atoms with Gasteiger partial charge in [0.25, 0.3) is 0 Å². The number of hydrogen-bond donors (Lipinski definition) is 0. The Morgan fingerprint density at radius 1 is 1.03 bits per heavy atom. The number of anilines is 1. The molecule has 0 aliphatic heterocycles. The number of aryl methyl sites for hydroxylation is 1. The van der Waals surface area contributed by atoms with Crippen molar-refractivity contribution in [2.75, 3.05) is 17.7 Å². The number of nitrogens with zero attached hydrogens (tertiary/aromatic N) is 4. The molecule has 2 aromatic carbocycles. The maximum atomic E-state index is 10.7. The van der Waals surface area contributed by atoms with Gasteiger partial charge in [0.05, 0.1) is 21.8 Å². The number of thiazole rings is 1. The highest BCUT2D eigenvalue weighted by molar-refractivity contribution is 7.85. The van der Waals surface area contributed by atoms with Crippen LogP contribution in [0.25, 0.3) is 0 Å². The van der Waals surface area contributed by atoms with Crippen LogP contribution in [0.2, 0.25) is 0 Å². The van der Waals surface area contributed by atoms with Crippen molar-refractivity contribution in [3.05, 3.63) is 71.7 Å². The lowest BCUT2D eigenvalue weighted by Crippen LogP contribution is -2.31. The second-order valence-electron chi connectivity index (χ2n) is 6.91. The van der Waals surface area contributed by atoms with Gasteiger partial charge < -0.3 is 9.45 Å². The fraction of sp³-hybridized carbons (Fsp3) is 0.286. The third kappa shape index (κ3) is 7.01. The average Bonchev–Trinajstić information content (AvgIpc) is 3.17. The van der Waals surface area contributed by atoms with Gasteiger partial charge in [-0.2, -0.15) is 0 Å². The molecule has 0 unspecified atom stereocenters. The molecule has 3 aromatic rings. The lowest BCUT2D eigenvalue weighted by atomic mass is 10.2. The number of benzene rings is 2. The zero-order valence-corrected chi connectivity index (χ0v) is 18.3. The van der Waals surface area contributed by atoms with E-state index in [0.717, 1.165) is 23.1 Å². The van der Waals surface area contributed by atoms with E-state index in [4.69, 9.17) is 0 Å². The van der Waals surface area contributed by atoms with E-state index in [1.165, 1.54) is 16.9 Å². The van der Waals surface area contributed by atoms with Crippen molar-refractivity contribution in [2.45, 2.75) is 25.9 Å². The highest BCUT2D eigenvalue weighted by Gasteiger charge is 2.12. The van der Waals surface area contributed by atoms with Crippen molar-refractivity contribution >= 4 is 38.0 Å². The van der Waals surface area contributed by atoms with Crippen LogP contribution in [0.4, 0.5) is 16.5 Å². The Hall–Kier alpha value is -2.62. The van der Waals surface area contributed by atoms with E-state index in [1.54, 1.807) is 0 Å². The van der Waals surface area contributed by atoms with Gasteiger partial charge in [0, 0.05) is 30.4 Å². The first-order chi connectivity index (χ1) is 14.4. The highest BCUT2D eigenvalue weighted by Crippen LogP contribution is 2.23. The van der Waals surface area contributed by atoms with E-state index in [0.29, 0.717) is 19.4 Å². The van der Waals surface area contributed by atoms with Crippen LogP contribution in [0.5, 0.6) is 0 Å². The Balaban J connectivity index is 1.56. The molecule has 0 bridgehead atoms. The van der Waals surface area contributed by atoms with Crippen molar-refractivity contribution < 1.29 is 17.5 Å². The van der Waals surface area contributed by atoms with Gasteiger partial charge in [-0.25, -0.2) is 13.0 Å². The molecule has 0 fully saturated rings. The zero-order chi connectivity index (χ0) is 21.4. The Morgan fingerprint density at radius 3 is 2.47 bits per heavy atom. The smallest absolute Gasteiger partial charge is 0.408 e. The molecule has 0 N–H and O–H groups in total. The quantitative estimate of drug-likeness (QED) is 0.200. The second-order valence-corrected chi connectivity index (χ2v) is 9.30. The molecular weight excluding hydrogens is 420 g/mol. The number of aromatic nitrogens is 1. The van der Waals surface area contributed by atoms with Gasteiger partial charge in [0.15, 0.2) is 0 Å². The van der Waals surface area contributed by atoms with E-state index in [9.17, 15) is 13.0 Å². The molecule has 0 atom stereocenters. The van der Waals surface area contributed by atoms with Crippen molar-refractivity contribution in [1.29, 1.82) is 0 Å². The third-order valence-electron chi connectivity index (χ3n) is 4.51. The van der Waals surface area contributed by atoms with Crippen molar-refractivity contribution in [3.63, 3.8) is 0 Å². The number of rotatable bonds is 10. The third-order valence-corrected chi connectivity index (χ3v) is 6.08. The molecule has 0 radical (unpaired) electrons. The first-order valence-electron chi connectivity index (χ1n) is 9.58. The first-order valence-corrected chi connectivity index (χ1v) is 12.0. The van der Waals surface area contributed by atoms with Crippen molar-refractivity contribution in [3.8, 4) is 0 Å². The van der Waals surface area contributed by atoms with E-state index in [2.05, 4.69) is 34.3 Å². The minimum Gasteiger partial charge on any atom is -0.748 e. The lowest BCUT2D eigenvalue weighted by Gasteiger charge is -2.19. The zero-order valence-electron chi connectivity index (χ0n) is 16.7. The summed E-state index contributed by atoms with van der Waals surface area (Å²) in [7, 11) is -2.10. The normalized spacial score (nSPS) is 11.8. The summed E-state index contributed by atoms with van der Waals surface area (Å²) in [6.45, 7) is 1.42. The number of unbranched alkanes of at least 4 members (excludes halogenated alkanes) is 1. The minimum absolute atomic E-state index is 0.334. The van der Waals surface area contributed by atoms with Crippen LogP contribution in [-0.4, -0.2) is 25.8 Å². The molecule has 0 saturated carbocycles. The molecule has 7 nitrogen and oxygen atoms in total. The molecule has 0 aliphatic rings. The SMILES string of the molecule is CN(Cc1ccccc1)c1ccc(N=Nc2scc[n+]2CCCCS(=O)(=O)[O-])cc1. The minimum atomic E-state index is -4.15. The monoisotopic (exact) mass is 444 g/mol. The summed E-state index contributed by atoms with van der Waals surface area (Å²) in [6.07, 6.45) is 2.81. The predicted molar refractivity (Wildman–Crippen MR) is 117 cm³/mol. The summed E-state index contributed by atoms with van der Waals surface area (Å²) in [5.74, 6) is -0.334. The van der Waals surface area contributed by atoms with Gasteiger partial charge in [-0.05, 0) is 59.1 Å². The van der Waals surface area contributed by atoms with Crippen LogP contribution in [-0.2, 0) is 23.2 Å². The maximum absolute atomic E-state index is 10.7. The maximum Gasteiger partial charge on any atom is 0.408 e. The second kappa shape index (κ2) is 10.4. The summed E-state index contributed by atoms with van der Waals surface area (Å²) >= 11 is 1.46. The molecule has 30 heavy (non-hydrogen) atoms. The summed E-state index contributed by atoms with van der Waals surface area (Å²) in [5, 5.41) is 11.3. The summed E-state index contributed by atoms with van der Waals surface area (Å²) < 4.78 is 33.9. The van der Waals surface area contributed by atoms with E-state index >= 15 is 0 Å². The van der Waals surface area contributed by atoms with Crippen molar-refractivity contribution in [1.82, 2.24) is 0 Å². The molecule has 0 amide bonds. The molecule has 3 rings (SSSR count). The summed E-state index contributed by atoms with van der Waals surface area (Å²) in [4.78, 5) is 2.17. The van der Waals surface area contributed by atoms with Crippen LogP contribution >= 0.6 is 11.3 Å². The molecule has 1 aromatic heterocycles. The Kier molecular flexibility index (Phi) is 7.67. The fourth-order valence-corrected chi connectivity index (χ4v) is 4.19. The van der Waals surface area contributed by atoms with Crippen LogP contribution in [0.3, 0.4) is 0 Å². The lowest BCUT2D eigenvalue weighted by molar-refractivity contribution is -0.680. The van der Waals surface area contributed by atoms with Gasteiger partial charge in [0.2, 0.25) is 0 Å². The molecule has 158 valence electrons. The summed E-state index contributed by atoms with van der Waals surface area (Å²) in [6, 6.07) is 18.2. The van der Waals surface area contributed by atoms with E-state index < -0.39 is 10.1 Å².